The molecule has 0 amide bonds. The highest BCUT2D eigenvalue weighted by Gasteiger charge is 2.19. The van der Waals surface area contributed by atoms with Crippen LogP contribution in [-0.4, -0.2) is 15.6 Å². The number of halogens is 1. The molecule has 0 aliphatic rings. The summed E-state index contributed by atoms with van der Waals surface area (Å²) in [6.07, 6.45) is 0. The number of aromatic nitrogens is 1. The van der Waals surface area contributed by atoms with Gasteiger partial charge in [-0.15, -0.1) is 0 Å². The molecule has 3 N–H and O–H groups in total. The van der Waals surface area contributed by atoms with Crippen LogP contribution in [0.2, 0.25) is 5.02 Å². The number of hydrogen-bond acceptors (Lipinski definition) is 2. The average Bonchev–Trinajstić information content (AvgIpc) is 2.56. The first-order valence-electron chi connectivity index (χ1n) is 4.74. The first-order chi connectivity index (χ1) is 7.52. The molecule has 2 aromatic rings. The molecule has 0 aliphatic carbocycles. The fourth-order valence-corrected chi connectivity index (χ4v) is 2.12. The number of carbonyl (C=O) groups is 1. The van der Waals surface area contributed by atoms with Crippen molar-refractivity contribution in [2.75, 3.05) is 0 Å². The van der Waals surface area contributed by atoms with Crippen LogP contribution in [0.1, 0.15) is 11.7 Å². The van der Waals surface area contributed by atoms with Crippen molar-refractivity contribution in [3.63, 3.8) is 0 Å². The number of aliphatic carboxylic acids is 1. The monoisotopic (exact) mass is 238 g/mol. The van der Waals surface area contributed by atoms with Crippen LogP contribution in [0, 0.1) is 0 Å². The minimum absolute atomic E-state index is 0.538. The fraction of sp³-hybridized carbons (Fsp3) is 0.182. The van der Waals surface area contributed by atoms with Gasteiger partial charge in [0.1, 0.15) is 6.04 Å². The Kier molecular flexibility index (Phi) is 2.61. The molecule has 0 fully saturated rings. The third-order valence-electron chi connectivity index (χ3n) is 2.63. The number of nitrogens with zero attached hydrogens (tertiary/aromatic N) is 1. The largest absolute Gasteiger partial charge is 0.480 e. The van der Waals surface area contributed by atoms with Gasteiger partial charge in [-0.2, -0.15) is 0 Å². The molecule has 1 aromatic carbocycles. The molecule has 1 heterocycles. The van der Waals surface area contributed by atoms with Crippen molar-refractivity contribution in [1.82, 2.24) is 4.57 Å². The van der Waals surface area contributed by atoms with E-state index < -0.39 is 12.0 Å². The zero-order valence-corrected chi connectivity index (χ0v) is 9.40. The van der Waals surface area contributed by atoms with Crippen LogP contribution >= 0.6 is 11.6 Å². The summed E-state index contributed by atoms with van der Waals surface area (Å²) in [5.74, 6) is -1.05. The number of fused-ring (bicyclic) bond motifs is 1. The summed E-state index contributed by atoms with van der Waals surface area (Å²) in [5, 5.41) is 10.4. The number of hydrogen-bond donors (Lipinski definition) is 2. The Morgan fingerprint density at radius 3 is 2.81 bits per heavy atom. The summed E-state index contributed by atoms with van der Waals surface area (Å²) >= 11 is 6.05. The summed E-state index contributed by atoms with van der Waals surface area (Å²) < 4.78 is 1.72. The predicted octanol–water partition coefficient (Wildman–Crippen LogP) is 1.92. The lowest BCUT2D eigenvalue weighted by molar-refractivity contribution is -0.138. The summed E-state index contributed by atoms with van der Waals surface area (Å²) in [4.78, 5) is 10.8. The molecular formula is C11H11ClN2O2. The second-order valence-corrected chi connectivity index (χ2v) is 4.03. The summed E-state index contributed by atoms with van der Waals surface area (Å²) in [5.41, 5.74) is 6.93. The minimum Gasteiger partial charge on any atom is -0.480 e. The maximum absolute atomic E-state index is 10.8. The smallest absolute Gasteiger partial charge is 0.326 e. The van der Waals surface area contributed by atoms with Gasteiger partial charge in [0.25, 0.3) is 0 Å². The van der Waals surface area contributed by atoms with Crippen LogP contribution in [0.4, 0.5) is 0 Å². The molecule has 0 aliphatic heterocycles. The zero-order valence-electron chi connectivity index (χ0n) is 8.64. The van der Waals surface area contributed by atoms with Gasteiger partial charge in [-0.1, -0.05) is 23.7 Å². The van der Waals surface area contributed by atoms with Gasteiger partial charge in [0, 0.05) is 18.1 Å². The molecule has 0 bridgehead atoms. The van der Waals surface area contributed by atoms with Crippen molar-refractivity contribution >= 4 is 28.5 Å². The minimum atomic E-state index is -1.05. The van der Waals surface area contributed by atoms with Gasteiger partial charge in [-0.05, 0) is 12.1 Å². The number of nitrogens with two attached hydrogens (primary N) is 1. The third-order valence-corrected chi connectivity index (χ3v) is 2.93. The SMILES string of the molecule is Cn1c(C(N)C(=O)O)cc2cccc(Cl)c21. The van der Waals surface area contributed by atoms with E-state index in [1.54, 1.807) is 23.7 Å². The van der Waals surface area contributed by atoms with Gasteiger partial charge in [0.15, 0.2) is 0 Å². The van der Waals surface area contributed by atoms with Gasteiger partial charge >= 0.3 is 5.97 Å². The first-order valence-corrected chi connectivity index (χ1v) is 5.12. The van der Waals surface area contributed by atoms with E-state index in [0.29, 0.717) is 10.7 Å². The van der Waals surface area contributed by atoms with E-state index in [1.807, 2.05) is 12.1 Å². The van der Waals surface area contributed by atoms with Gasteiger partial charge in [0.05, 0.1) is 10.5 Å². The first kappa shape index (κ1) is 11.0. The number of rotatable bonds is 2. The average molecular weight is 239 g/mol. The van der Waals surface area contributed by atoms with Crippen LogP contribution in [0.5, 0.6) is 0 Å². The molecule has 0 spiro atoms. The lowest BCUT2D eigenvalue weighted by Gasteiger charge is -2.08. The number of benzene rings is 1. The highest BCUT2D eigenvalue weighted by molar-refractivity contribution is 6.35. The van der Waals surface area contributed by atoms with Gasteiger partial charge < -0.3 is 15.4 Å². The highest BCUT2D eigenvalue weighted by Crippen LogP contribution is 2.28. The Labute approximate surface area is 97.2 Å². The van der Waals surface area contributed by atoms with Gasteiger partial charge in [-0.25, -0.2) is 0 Å². The highest BCUT2D eigenvalue weighted by atomic mass is 35.5. The Hall–Kier alpha value is -1.52. The van der Waals surface area contributed by atoms with Crippen molar-refractivity contribution in [2.24, 2.45) is 12.8 Å². The second kappa shape index (κ2) is 3.81. The lowest BCUT2D eigenvalue weighted by Crippen LogP contribution is -2.22. The topological polar surface area (TPSA) is 68.2 Å². The van der Waals surface area contributed by atoms with Crippen LogP contribution in [-0.2, 0) is 11.8 Å². The predicted molar refractivity (Wildman–Crippen MR) is 62.5 cm³/mol. The van der Waals surface area contributed by atoms with Crippen molar-refractivity contribution in [3.05, 3.63) is 35.0 Å². The van der Waals surface area contributed by atoms with Crippen molar-refractivity contribution in [2.45, 2.75) is 6.04 Å². The molecule has 5 heteroatoms. The maximum atomic E-state index is 10.8. The van der Waals surface area contributed by atoms with Crippen LogP contribution in [0.15, 0.2) is 24.3 Å². The summed E-state index contributed by atoms with van der Waals surface area (Å²) in [6, 6.07) is 6.17. The molecule has 1 aromatic heterocycles. The molecule has 2 rings (SSSR count). The molecule has 0 saturated carbocycles. The molecule has 0 saturated heterocycles. The second-order valence-electron chi connectivity index (χ2n) is 3.62. The molecule has 1 atom stereocenters. The lowest BCUT2D eigenvalue weighted by atomic mass is 10.2. The molecule has 1 unspecified atom stereocenters. The summed E-state index contributed by atoms with van der Waals surface area (Å²) in [7, 11) is 1.76. The quantitative estimate of drug-likeness (QED) is 0.840. The standard InChI is InChI=1S/C11H11ClN2O2/c1-14-8(9(13)11(15)16)5-6-3-2-4-7(12)10(6)14/h2-5,9H,13H2,1H3,(H,15,16). The van der Waals surface area contributed by atoms with E-state index in [4.69, 9.17) is 22.4 Å². The number of carboxylic acids is 1. The number of para-hydroxylation sites is 1. The normalized spacial score (nSPS) is 12.9. The van der Waals surface area contributed by atoms with Crippen LogP contribution in [0.25, 0.3) is 10.9 Å². The molecule has 84 valence electrons. The number of carboxylic acid groups (broad SMARTS) is 1. The van der Waals surface area contributed by atoms with Crippen molar-refractivity contribution in [1.29, 1.82) is 0 Å². The third kappa shape index (κ3) is 1.56. The maximum Gasteiger partial charge on any atom is 0.326 e. The van der Waals surface area contributed by atoms with Crippen LogP contribution in [0.3, 0.4) is 0 Å². The zero-order chi connectivity index (χ0) is 11.9. The Bertz CT molecular complexity index is 562. The molecule has 4 nitrogen and oxygen atoms in total. The Morgan fingerprint density at radius 2 is 2.25 bits per heavy atom. The van der Waals surface area contributed by atoms with E-state index in [9.17, 15) is 4.79 Å². The Balaban J connectivity index is 2.70. The Morgan fingerprint density at radius 1 is 1.56 bits per heavy atom. The summed E-state index contributed by atoms with van der Waals surface area (Å²) in [6.45, 7) is 0. The van der Waals surface area contributed by atoms with Gasteiger partial charge in [-0.3, -0.25) is 4.79 Å². The molecule has 16 heavy (non-hydrogen) atoms. The van der Waals surface area contributed by atoms with E-state index in [0.717, 1.165) is 10.9 Å². The molecule has 0 radical (unpaired) electrons. The van der Waals surface area contributed by atoms with E-state index >= 15 is 0 Å². The van der Waals surface area contributed by atoms with Crippen molar-refractivity contribution in [3.8, 4) is 0 Å². The van der Waals surface area contributed by atoms with Crippen molar-refractivity contribution < 1.29 is 9.90 Å². The van der Waals surface area contributed by atoms with E-state index in [1.165, 1.54) is 0 Å². The molecular weight excluding hydrogens is 228 g/mol. The number of aryl methyl sites for hydroxylation is 1. The van der Waals surface area contributed by atoms with E-state index in [-0.39, 0.29) is 0 Å². The van der Waals surface area contributed by atoms with Crippen LogP contribution < -0.4 is 5.73 Å². The fourth-order valence-electron chi connectivity index (χ4n) is 1.81. The van der Waals surface area contributed by atoms with E-state index in [2.05, 4.69) is 0 Å². The van der Waals surface area contributed by atoms with Gasteiger partial charge in [0.2, 0.25) is 0 Å².